The van der Waals surface area contributed by atoms with E-state index in [1.54, 1.807) is 50.5 Å². The van der Waals surface area contributed by atoms with Crippen LogP contribution in [-0.2, 0) is 9.84 Å². The number of rotatable bonds is 6. The van der Waals surface area contributed by atoms with Crippen LogP contribution in [0.5, 0.6) is 0 Å². The maximum atomic E-state index is 12.8. The third-order valence-electron chi connectivity index (χ3n) is 6.00. The summed E-state index contributed by atoms with van der Waals surface area (Å²) in [6.07, 6.45) is 9.35. The topological polar surface area (TPSA) is 105 Å². The van der Waals surface area contributed by atoms with Gasteiger partial charge in [-0.1, -0.05) is 31.4 Å². The molecule has 1 aliphatic rings. The highest BCUT2D eigenvalue weighted by Crippen LogP contribution is 2.25. The Morgan fingerprint density at radius 2 is 1.87 bits per heavy atom. The lowest BCUT2D eigenvalue weighted by molar-refractivity contribution is 0.0945. The molecule has 0 atom stereocenters. The zero-order valence-electron chi connectivity index (χ0n) is 17.9. The zero-order valence-corrected chi connectivity index (χ0v) is 18.7. The minimum absolute atomic E-state index is 0.151. The number of H-pyrrole nitrogens is 1. The predicted molar refractivity (Wildman–Crippen MR) is 121 cm³/mol. The largest absolute Gasteiger partial charge is 0.352 e. The SMILES string of the molecule is CC(C)S(=O)(=O)c1ccc(-c2cnc3[nH]cc(C(=O)NCC4CCCCC4)c3n2)cc1. The Morgan fingerprint density at radius 3 is 2.55 bits per heavy atom. The smallest absolute Gasteiger partial charge is 0.255 e. The Balaban J connectivity index is 1.56. The number of hydrogen-bond acceptors (Lipinski definition) is 5. The van der Waals surface area contributed by atoms with Crippen molar-refractivity contribution in [3.63, 3.8) is 0 Å². The lowest BCUT2D eigenvalue weighted by Crippen LogP contribution is -2.30. The van der Waals surface area contributed by atoms with Crippen LogP contribution in [0.1, 0.15) is 56.3 Å². The predicted octanol–water partition coefficient (Wildman–Crippen LogP) is 4.12. The van der Waals surface area contributed by atoms with E-state index in [2.05, 4.69) is 20.3 Å². The number of amides is 1. The summed E-state index contributed by atoms with van der Waals surface area (Å²) < 4.78 is 24.7. The molecule has 8 heteroatoms. The van der Waals surface area contributed by atoms with Gasteiger partial charge in [0.1, 0.15) is 5.52 Å². The number of aromatic amines is 1. The molecule has 1 saturated carbocycles. The second kappa shape index (κ2) is 8.78. The van der Waals surface area contributed by atoms with Crippen molar-refractivity contribution < 1.29 is 13.2 Å². The summed E-state index contributed by atoms with van der Waals surface area (Å²) in [5, 5.41) is 2.56. The molecule has 0 bridgehead atoms. The van der Waals surface area contributed by atoms with Crippen LogP contribution >= 0.6 is 0 Å². The molecule has 3 aromatic rings. The van der Waals surface area contributed by atoms with E-state index < -0.39 is 15.1 Å². The van der Waals surface area contributed by atoms with Gasteiger partial charge >= 0.3 is 0 Å². The van der Waals surface area contributed by atoms with Crippen molar-refractivity contribution in [1.82, 2.24) is 20.3 Å². The van der Waals surface area contributed by atoms with Gasteiger partial charge in [0.2, 0.25) is 0 Å². The Kier molecular flexibility index (Phi) is 6.09. The van der Waals surface area contributed by atoms with Crippen LogP contribution in [-0.4, -0.2) is 41.1 Å². The maximum Gasteiger partial charge on any atom is 0.255 e. The van der Waals surface area contributed by atoms with Gasteiger partial charge in [0.15, 0.2) is 15.5 Å². The molecule has 0 aliphatic heterocycles. The first-order valence-corrected chi connectivity index (χ1v) is 12.4. The highest BCUT2D eigenvalue weighted by atomic mass is 32.2. The number of nitrogens with one attached hydrogen (secondary N) is 2. The van der Waals surface area contributed by atoms with E-state index in [9.17, 15) is 13.2 Å². The molecule has 31 heavy (non-hydrogen) atoms. The van der Waals surface area contributed by atoms with E-state index in [1.807, 2.05) is 0 Å². The molecule has 2 aromatic heterocycles. The zero-order chi connectivity index (χ0) is 22.0. The highest BCUT2D eigenvalue weighted by Gasteiger charge is 2.20. The fourth-order valence-electron chi connectivity index (χ4n) is 4.01. The average molecular weight is 441 g/mol. The second-order valence-corrected chi connectivity index (χ2v) is 11.0. The fourth-order valence-corrected chi connectivity index (χ4v) is 5.07. The molecule has 0 saturated heterocycles. The van der Waals surface area contributed by atoms with E-state index in [-0.39, 0.29) is 10.8 Å². The molecular formula is C23H28N4O3S. The van der Waals surface area contributed by atoms with Gasteiger partial charge in [0.25, 0.3) is 5.91 Å². The van der Waals surface area contributed by atoms with Crippen molar-refractivity contribution in [3.8, 4) is 11.3 Å². The molecule has 1 aliphatic carbocycles. The number of carbonyl (C=O) groups excluding carboxylic acids is 1. The summed E-state index contributed by atoms with van der Waals surface area (Å²) in [5.74, 6) is 0.395. The van der Waals surface area contributed by atoms with Crippen molar-refractivity contribution in [2.75, 3.05) is 6.54 Å². The van der Waals surface area contributed by atoms with Crippen LogP contribution in [0.4, 0.5) is 0 Å². The van der Waals surface area contributed by atoms with Crippen LogP contribution in [0.2, 0.25) is 0 Å². The lowest BCUT2D eigenvalue weighted by atomic mass is 9.89. The van der Waals surface area contributed by atoms with Crippen LogP contribution < -0.4 is 5.32 Å². The number of benzene rings is 1. The van der Waals surface area contributed by atoms with Crippen LogP contribution in [0.3, 0.4) is 0 Å². The number of hydrogen-bond donors (Lipinski definition) is 2. The van der Waals surface area contributed by atoms with E-state index in [0.717, 1.165) is 5.56 Å². The van der Waals surface area contributed by atoms with Crippen molar-refractivity contribution in [2.45, 2.75) is 56.1 Å². The molecule has 7 nitrogen and oxygen atoms in total. The van der Waals surface area contributed by atoms with Crippen molar-refractivity contribution >= 4 is 26.9 Å². The second-order valence-electron chi connectivity index (χ2n) is 8.49. The Bertz CT molecular complexity index is 1180. The first-order valence-electron chi connectivity index (χ1n) is 10.8. The molecule has 0 spiro atoms. The molecule has 164 valence electrons. The minimum atomic E-state index is -3.33. The van der Waals surface area contributed by atoms with Gasteiger partial charge in [0, 0.05) is 18.3 Å². The van der Waals surface area contributed by atoms with E-state index in [1.165, 1.54) is 32.1 Å². The Labute approximate surface area is 182 Å². The van der Waals surface area contributed by atoms with Crippen molar-refractivity contribution in [2.24, 2.45) is 5.92 Å². The van der Waals surface area contributed by atoms with Crippen molar-refractivity contribution in [1.29, 1.82) is 0 Å². The third-order valence-corrected chi connectivity index (χ3v) is 8.17. The van der Waals surface area contributed by atoms with Gasteiger partial charge in [-0.25, -0.2) is 18.4 Å². The fraction of sp³-hybridized carbons (Fsp3) is 0.435. The molecule has 1 aromatic carbocycles. The quantitative estimate of drug-likeness (QED) is 0.600. The summed E-state index contributed by atoms with van der Waals surface area (Å²) in [6, 6.07) is 6.62. The summed E-state index contributed by atoms with van der Waals surface area (Å²) in [5.41, 5.74) is 2.86. The summed E-state index contributed by atoms with van der Waals surface area (Å²) in [4.78, 5) is 25.1. The van der Waals surface area contributed by atoms with E-state index in [0.29, 0.717) is 34.9 Å². The highest BCUT2D eigenvalue weighted by molar-refractivity contribution is 7.92. The van der Waals surface area contributed by atoms with Gasteiger partial charge in [-0.15, -0.1) is 0 Å². The van der Waals surface area contributed by atoms with E-state index >= 15 is 0 Å². The molecule has 1 amide bonds. The maximum absolute atomic E-state index is 12.8. The van der Waals surface area contributed by atoms with Crippen molar-refractivity contribution in [3.05, 3.63) is 42.2 Å². The number of carbonyl (C=O) groups is 1. The Morgan fingerprint density at radius 1 is 1.16 bits per heavy atom. The molecular weight excluding hydrogens is 412 g/mol. The molecule has 4 rings (SSSR count). The molecule has 2 N–H and O–H groups in total. The van der Waals surface area contributed by atoms with E-state index in [4.69, 9.17) is 0 Å². The third kappa shape index (κ3) is 4.49. The first kappa shape index (κ1) is 21.5. The van der Waals surface area contributed by atoms with Gasteiger partial charge in [-0.3, -0.25) is 4.79 Å². The molecule has 2 heterocycles. The molecule has 0 unspecified atom stereocenters. The van der Waals surface area contributed by atoms with Crippen LogP contribution in [0, 0.1) is 5.92 Å². The number of sulfone groups is 1. The molecule has 0 radical (unpaired) electrons. The Hall–Kier alpha value is -2.74. The number of aromatic nitrogens is 3. The lowest BCUT2D eigenvalue weighted by Gasteiger charge is -2.21. The van der Waals surface area contributed by atoms with Gasteiger partial charge < -0.3 is 10.3 Å². The summed E-state index contributed by atoms with van der Waals surface area (Å²) in [6.45, 7) is 4.01. The minimum Gasteiger partial charge on any atom is -0.352 e. The summed E-state index contributed by atoms with van der Waals surface area (Å²) >= 11 is 0. The monoisotopic (exact) mass is 440 g/mol. The standard InChI is InChI=1S/C23H28N4O3S/c1-15(2)31(29,30)18-10-8-17(9-11-18)20-14-25-22-21(27-20)19(13-24-22)23(28)26-12-16-6-4-3-5-7-16/h8-11,13-16H,3-7,12H2,1-2H3,(H,24,25)(H,26,28). The first-order chi connectivity index (χ1) is 14.9. The number of fused-ring (bicyclic) bond motifs is 1. The van der Waals surface area contributed by atoms with Crippen LogP contribution in [0.25, 0.3) is 22.4 Å². The van der Waals surface area contributed by atoms with Gasteiger partial charge in [-0.05, 0) is 44.7 Å². The molecule has 1 fully saturated rings. The number of nitrogens with zero attached hydrogens (tertiary/aromatic N) is 2. The summed E-state index contributed by atoms with van der Waals surface area (Å²) in [7, 11) is -3.33. The average Bonchev–Trinajstić information content (AvgIpc) is 3.21. The normalized spacial score (nSPS) is 15.5. The van der Waals surface area contributed by atoms with Crippen LogP contribution in [0.15, 0.2) is 41.6 Å². The van der Waals surface area contributed by atoms with Gasteiger partial charge in [-0.2, -0.15) is 0 Å². The van der Waals surface area contributed by atoms with Gasteiger partial charge in [0.05, 0.1) is 27.6 Å².